The van der Waals surface area contributed by atoms with Crippen LogP contribution in [0.2, 0.25) is 0 Å². The van der Waals surface area contributed by atoms with Gasteiger partial charge in [0.15, 0.2) is 5.16 Å². The topological polar surface area (TPSA) is 89.0 Å². The van der Waals surface area contributed by atoms with Crippen molar-refractivity contribution < 1.29 is 9.53 Å². The fraction of sp³-hybridized carbons (Fsp3) is 0.0800. The maximum Gasteiger partial charge on any atom is 0.283 e. The van der Waals surface area contributed by atoms with Gasteiger partial charge in [-0.15, -0.1) is 0 Å². The molecule has 0 bridgehead atoms. The molecule has 2 aromatic heterocycles. The summed E-state index contributed by atoms with van der Waals surface area (Å²) in [6, 6.07) is 22.1. The summed E-state index contributed by atoms with van der Waals surface area (Å²) in [5, 5.41) is 4.16. The first-order valence-corrected chi connectivity index (χ1v) is 12.2. The molecule has 0 aliphatic rings. The van der Waals surface area contributed by atoms with Crippen LogP contribution in [-0.2, 0) is 4.79 Å². The van der Waals surface area contributed by atoms with Crippen LogP contribution in [0, 0.1) is 0 Å². The molecule has 2 heterocycles. The number of rotatable bonds is 6. The molecule has 7 nitrogen and oxygen atoms in total. The zero-order valence-corrected chi connectivity index (χ0v) is 20.4. The number of hydrogen-bond donors (Lipinski definition) is 2. The van der Waals surface area contributed by atoms with Gasteiger partial charge in [-0.2, -0.15) is 0 Å². The number of halogens is 1. The molecule has 34 heavy (non-hydrogen) atoms. The first-order valence-electron chi connectivity index (χ1n) is 10.4. The molecule has 3 aromatic carbocycles. The minimum atomic E-state index is -0.234. The molecule has 0 saturated carbocycles. The monoisotopic (exact) mass is 534 g/mol. The number of hydrogen-bond acceptors (Lipinski definition) is 5. The summed E-state index contributed by atoms with van der Waals surface area (Å²) in [7, 11) is 1.59. The number of ether oxygens (including phenoxy) is 1. The number of fused-ring (bicyclic) bond motifs is 3. The number of carbonyl (C=O) groups excluding carboxylic acids is 1. The summed E-state index contributed by atoms with van der Waals surface area (Å²) in [6.07, 6.45) is 0. The number of methoxy groups -OCH3 is 1. The molecule has 0 unspecified atom stereocenters. The van der Waals surface area contributed by atoms with E-state index in [1.54, 1.807) is 31.4 Å². The quantitative estimate of drug-likeness (QED) is 0.226. The van der Waals surface area contributed by atoms with Crippen LogP contribution in [0.15, 0.2) is 87.2 Å². The van der Waals surface area contributed by atoms with E-state index in [9.17, 15) is 9.59 Å². The number of aromatic amines is 1. The second kappa shape index (κ2) is 9.36. The van der Waals surface area contributed by atoms with Crippen molar-refractivity contribution in [3.05, 3.63) is 87.6 Å². The Labute approximate surface area is 207 Å². The van der Waals surface area contributed by atoms with Crippen molar-refractivity contribution in [1.29, 1.82) is 0 Å². The molecule has 170 valence electrons. The lowest BCUT2D eigenvalue weighted by atomic mass is 10.2. The van der Waals surface area contributed by atoms with E-state index in [-0.39, 0.29) is 17.2 Å². The molecule has 0 aliphatic carbocycles. The van der Waals surface area contributed by atoms with Gasteiger partial charge in [-0.3, -0.25) is 14.2 Å². The van der Waals surface area contributed by atoms with E-state index >= 15 is 0 Å². The van der Waals surface area contributed by atoms with Gasteiger partial charge in [-0.1, -0.05) is 45.9 Å². The molecule has 0 saturated heterocycles. The van der Waals surface area contributed by atoms with Crippen molar-refractivity contribution in [2.24, 2.45) is 0 Å². The summed E-state index contributed by atoms with van der Waals surface area (Å²) in [4.78, 5) is 34.2. The minimum absolute atomic E-state index is 0.0898. The highest BCUT2D eigenvalue weighted by Crippen LogP contribution is 2.27. The predicted octanol–water partition coefficient (Wildman–Crippen LogP) is 5.37. The summed E-state index contributed by atoms with van der Waals surface area (Å²) in [6.45, 7) is 0. The van der Waals surface area contributed by atoms with Crippen LogP contribution < -0.4 is 15.6 Å². The third-order valence-electron chi connectivity index (χ3n) is 5.29. The van der Waals surface area contributed by atoms with E-state index in [0.717, 1.165) is 15.4 Å². The van der Waals surface area contributed by atoms with E-state index in [2.05, 4.69) is 26.2 Å². The van der Waals surface area contributed by atoms with Gasteiger partial charge in [0.25, 0.3) is 5.56 Å². The molecule has 5 rings (SSSR count). The number of benzene rings is 3. The van der Waals surface area contributed by atoms with Gasteiger partial charge in [0, 0.05) is 21.1 Å². The molecule has 0 atom stereocenters. The molecule has 1 amide bonds. The average Bonchev–Trinajstić information content (AvgIpc) is 3.23. The fourth-order valence-corrected chi connectivity index (χ4v) is 4.73. The van der Waals surface area contributed by atoms with Gasteiger partial charge >= 0.3 is 0 Å². The van der Waals surface area contributed by atoms with Crippen LogP contribution >= 0.6 is 27.7 Å². The maximum atomic E-state index is 13.6. The Balaban J connectivity index is 1.55. The van der Waals surface area contributed by atoms with Crippen LogP contribution in [0.3, 0.4) is 0 Å². The van der Waals surface area contributed by atoms with Crippen molar-refractivity contribution in [1.82, 2.24) is 14.5 Å². The lowest BCUT2D eigenvalue weighted by Gasteiger charge is -2.13. The van der Waals surface area contributed by atoms with E-state index in [1.165, 1.54) is 16.3 Å². The number of H-pyrrole nitrogens is 1. The van der Waals surface area contributed by atoms with Crippen LogP contribution in [0.5, 0.6) is 5.75 Å². The van der Waals surface area contributed by atoms with Crippen molar-refractivity contribution >= 4 is 61.2 Å². The number of aromatic nitrogens is 3. The minimum Gasteiger partial charge on any atom is -0.497 e. The Morgan fingerprint density at radius 3 is 2.56 bits per heavy atom. The molecule has 0 aliphatic heterocycles. The largest absolute Gasteiger partial charge is 0.497 e. The van der Waals surface area contributed by atoms with Gasteiger partial charge < -0.3 is 15.0 Å². The van der Waals surface area contributed by atoms with Gasteiger partial charge in [-0.05, 0) is 54.6 Å². The Morgan fingerprint density at radius 2 is 1.82 bits per heavy atom. The first kappa shape index (κ1) is 22.2. The number of nitrogens with one attached hydrogen (secondary N) is 2. The predicted molar refractivity (Wildman–Crippen MR) is 139 cm³/mol. The fourth-order valence-electron chi connectivity index (χ4n) is 3.66. The smallest absolute Gasteiger partial charge is 0.283 e. The maximum absolute atomic E-state index is 13.6. The molecule has 2 N–H and O–H groups in total. The van der Waals surface area contributed by atoms with E-state index < -0.39 is 0 Å². The zero-order valence-electron chi connectivity index (χ0n) is 18.0. The standard InChI is InChI=1S/C25H19BrN4O3S/c1-33-18-12-10-17(11-13-18)30-24(32)23-22(19-4-2-3-5-20(19)28-23)29-25(30)34-14-21(31)27-16-8-6-15(26)7-9-16/h2-13,28H,14H2,1H3,(H,27,31). The number of amides is 1. The summed E-state index contributed by atoms with van der Waals surface area (Å²) >= 11 is 4.59. The molecule has 0 spiro atoms. The molecule has 9 heteroatoms. The molecule has 0 fully saturated rings. The zero-order chi connectivity index (χ0) is 23.7. The summed E-state index contributed by atoms with van der Waals surface area (Å²) < 4.78 is 7.70. The second-order valence-electron chi connectivity index (χ2n) is 7.47. The number of para-hydroxylation sites is 1. The average molecular weight is 535 g/mol. The van der Waals surface area contributed by atoms with Crippen LogP contribution in [0.1, 0.15) is 0 Å². The van der Waals surface area contributed by atoms with Crippen LogP contribution in [0.4, 0.5) is 5.69 Å². The lowest BCUT2D eigenvalue weighted by Crippen LogP contribution is -2.23. The lowest BCUT2D eigenvalue weighted by molar-refractivity contribution is -0.113. The van der Waals surface area contributed by atoms with E-state index in [4.69, 9.17) is 9.72 Å². The van der Waals surface area contributed by atoms with E-state index in [0.29, 0.717) is 33.3 Å². The van der Waals surface area contributed by atoms with Crippen molar-refractivity contribution in [2.45, 2.75) is 5.16 Å². The summed E-state index contributed by atoms with van der Waals surface area (Å²) in [5.41, 5.74) is 2.93. The normalized spacial score (nSPS) is 11.1. The highest BCUT2D eigenvalue weighted by molar-refractivity contribution is 9.10. The van der Waals surface area contributed by atoms with Gasteiger partial charge in [-0.25, -0.2) is 4.98 Å². The number of anilines is 1. The second-order valence-corrected chi connectivity index (χ2v) is 9.33. The van der Waals surface area contributed by atoms with Gasteiger partial charge in [0.2, 0.25) is 5.91 Å². The molecular weight excluding hydrogens is 516 g/mol. The Kier molecular flexibility index (Phi) is 6.12. The third-order valence-corrected chi connectivity index (χ3v) is 6.75. The van der Waals surface area contributed by atoms with Gasteiger partial charge in [0.05, 0.1) is 18.6 Å². The Morgan fingerprint density at radius 1 is 1.09 bits per heavy atom. The van der Waals surface area contributed by atoms with Crippen LogP contribution in [0.25, 0.3) is 27.6 Å². The molecule has 5 aromatic rings. The SMILES string of the molecule is COc1ccc(-n2c(SCC(=O)Nc3ccc(Br)cc3)nc3c([nH]c4ccccc43)c2=O)cc1. The number of nitrogens with zero attached hydrogens (tertiary/aromatic N) is 2. The molecule has 0 radical (unpaired) electrons. The highest BCUT2D eigenvalue weighted by atomic mass is 79.9. The number of carbonyl (C=O) groups is 1. The summed E-state index contributed by atoms with van der Waals surface area (Å²) in [5.74, 6) is 0.577. The van der Waals surface area contributed by atoms with Gasteiger partial charge in [0.1, 0.15) is 16.8 Å². The first-order chi connectivity index (χ1) is 16.5. The van der Waals surface area contributed by atoms with Crippen molar-refractivity contribution in [3.8, 4) is 11.4 Å². The van der Waals surface area contributed by atoms with Crippen LogP contribution in [-0.4, -0.2) is 33.3 Å². The van der Waals surface area contributed by atoms with Crippen molar-refractivity contribution in [3.63, 3.8) is 0 Å². The highest BCUT2D eigenvalue weighted by Gasteiger charge is 2.18. The van der Waals surface area contributed by atoms with Crippen molar-refractivity contribution in [2.75, 3.05) is 18.2 Å². The molecular formula is C25H19BrN4O3S. The Hall–Kier alpha value is -3.56. The Bertz CT molecular complexity index is 1560. The third kappa shape index (κ3) is 4.32. The number of thioether (sulfide) groups is 1. The van der Waals surface area contributed by atoms with E-state index in [1.807, 2.05) is 48.5 Å².